The SMILES string of the molecule is NNc1cc(Oc2ccc(F)cc2)cc([N+](=O)[O-])c1. The number of halogens is 1. The van der Waals surface area contributed by atoms with Gasteiger partial charge < -0.3 is 10.2 Å². The molecule has 2 aromatic carbocycles. The molecule has 6 nitrogen and oxygen atoms in total. The lowest BCUT2D eigenvalue weighted by Crippen LogP contribution is -2.07. The van der Waals surface area contributed by atoms with Crippen molar-refractivity contribution in [1.82, 2.24) is 0 Å². The minimum Gasteiger partial charge on any atom is -0.457 e. The minimum atomic E-state index is -0.557. The fourth-order valence-corrected chi connectivity index (χ4v) is 1.47. The number of nitrogens with two attached hydrogens (primary N) is 1. The fourth-order valence-electron chi connectivity index (χ4n) is 1.47. The lowest BCUT2D eigenvalue weighted by atomic mass is 10.2. The van der Waals surface area contributed by atoms with E-state index in [0.29, 0.717) is 11.4 Å². The Bertz CT molecular complexity index is 602. The van der Waals surface area contributed by atoms with Crippen molar-refractivity contribution in [2.75, 3.05) is 5.43 Å². The minimum absolute atomic E-state index is 0.160. The van der Waals surface area contributed by atoms with Crippen molar-refractivity contribution in [3.63, 3.8) is 0 Å². The Morgan fingerprint density at radius 1 is 1.16 bits per heavy atom. The van der Waals surface area contributed by atoms with Gasteiger partial charge in [-0.15, -0.1) is 0 Å². The summed E-state index contributed by atoms with van der Waals surface area (Å²) in [4.78, 5) is 10.2. The van der Waals surface area contributed by atoms with Gasteiger partial charge >= 0.3 is 0 Å². The third-order valence-corrected chi connectivity index (χ3v) is 2.32. The number of nitrogen functional groups attached to an aromatic ring is 1. The van der Waals surface area contributed by atoms with Crippen LogP contribution in [-0.4, -0.2) is 4.92 Å². The van der Waals surface area contributed by atoms with Gasteiger partial charge in [0.25, 0.3) is 5.69 Å². The summed E-state index contributed by atoms with van der Waals surface area (Å²) < 4.78 is 18.1. The number of nitrogens with one attached hydrogen (secondary N) is 1. The average molecular weight is 263 g/mol. The van der Waals surface area contributed by atoms with E-state index >= 15 is 0 Å². The number of hydrogen-bond donors (Lipinski definition) is 2. The topological polar surface area (TPSA) is 90.4 Å². The molecule has 0 bridgehead atoms. The second kappa shape index (κ2) is 5.32. The highest BCUT2D eigenvalue weighted by atomic mass is 19.1. The van der Waals surface area contributed by atoms with Crippen LogP contribution >= 0.6 is 0 Å². The fraction of sp³-hybridized carbons (Fsp3) is 0. The van der Waals surface area contributed by atoms with Gasteiger partial charge in [0, 0.05) is 12.1 Å². The largest absolute Gasteiger partial charge is 0.457 e. The first-order chi connectivity index (χ1) is 9.08. The highest BCUT2D eigenvalue weighted by Crippen LogP contribution is 2.29. The van der Waals surface area contributed by atoms with Crippen molar-refractivity contribution >= 4 is 11.4 Å². The summed E-state index contributed by atoms with van der Waals surface area (Å²) in [7, 11) is 0. The smallest absolute Gasteiger partial charge is 0.275 e. The molecule has 98 valence electrons. The molecule has 0 aliphatic heterocycles. The summed E-state index contributed by atoms with van der Waals surface area (Å²) in [6.45, 7) is 0. The molecule has 0 aliphatic carbocycles. The van der Waals surface area contributed by atoms with Crippen LogP contribution in [0.5, 0.6) is 11.5 Å². The molecular formula is C12H10FN3O3. The maximum absolute atomic E-state index is 12.7. The number of nitro groups is 1. The van der Waals surface area contributed by atoms with Crippen molar-refractivity contribution < 1.29 is 14.1 Å². The molecule has 0 atom stereocenters. The lowest BCUT2D eigenvalue weighted by Gasteiger charge is -2.07. The second-order valence-corrected chi connectivity index (χ2v) is 3.67. The molecule has 0 aromatic heterocycles. The van der Waals surface area contributed by atoms with Gasteiger partial charge in [-0.1, -0.05) is 0 Å². The maximum Gasteiger partial charge on any atom is 0.275 e. The van der Waals surface area contributed by atoms with E-state index in [1.807, 2.05) is 0 Å². The number of hydrogen-bond acceptors (Lipinski definition) is 5. The van der Waals surface area contributed by atoms with E-state index in [9.17, 15) is 14.5 Å². The van der Waals surface area contributed by atoms with Crippen molar-refractivity contribution in [2.45, 2.75) is 0 Å². The predicted molar refractivity (Wildman–Crippen MR) is 67.4 cm³/mol. The van der Waals surface area contributed by atoms with Crippen LogP contribution in [0.3, 0.4) is 0 Å². The molecule has 0 spiro atoms. The van der Waals surface area contributed by atoms with Gasteiger partial charge in [0.2, 0.25) is 0 Å². The standard InChI is InChI=1S/C12H10FN3O3/c13-8-1-3-11(4-2-8)19-12-6-9(15-14)5-10(7-12)16(17)18/h1-7,15H,14H2. The molecule has 19 heavy (non-hydrogen) atoms. The van der Waals surface area contributed by atoms with Crippen molar-refractivity contribution in [3.8, 4) is 11.5 Å². The Hall–Kier alpha value is -2.67. The van der Waals surface area contributed by atoms with Gasteiger partial charge in [-0.25, -0.2) is 4.39 Å². The van der Waals surface area contributed by atoms with Gasteiger partial charge in [-0.3, -0.25) is 16.0 Å². The van der Waals surface area contributed by atoms with E-state index in [2.05, 4.69) is 5.43 Å². The third kappa shape index (κ3) is 3.17. The number of ether oxygens (including phenoxy) is 1. The van der Waals surface area contributed by atoms with Crippen LogP contribution in [0.1, 0.15) is 0 Å². The predicted octanol–water partition coefficient (Wildman–Crippen LogP) is 2.81. The van der Waals surface area contributed by atoms with E-state index in [1.54, 1.807) is 0 Å². The summed E-state index contributed by atoms with van der Waals surface area (Å²) >= 11 is 0. The molecule has 3 N–H and O–H groups in total. The normalized spacial score (nSPS) is 10.0. The first-order valence-electron chi connectivity index (χ1n) is 5.28. The molecule has 0 amide bonds. The van der Waals surface area contributed by atoms with Crippen molar-refractivity contribution in [2.24, 2.45) is 5.84 Å². The summed E-state index contributed by atoms with van der Waals surface area (Å²) in [6.07, 6.45) is 0. The average Bonchev–Trinajstić information content (AvgIpc) is 2.41. The van der Waals surface area contributed by atoms with Crippen LogP contribution in [0.25, 0.3) is 0 Å². The zero-order valence-corrected chi connectivity index (χ0v) is 9.67. The van der Waals surface area contributed by atoms with E-state index < -0.39 is 10.7 Å². The summed E-state index contributed by atoms with van der Waals surface area (Å²) in [5.41, 5.74) is 2.49. The van der Waals surface area contributed by atoms with E-state index in [-0.39, 0.29) is 11.4 Å². The van der Waals surface area contributed by atoms with E-state index in [0.717, 1.165) is 0 Å². The van der Waals surface area contributed by atoms with Gasteiger partial charge in [0.05, 0.1) is 16.7 Å². The van der Waals surface area contributed by atoms with Gasteiger partial charge in [0.15, 0.2) is 0 Å². The molecule has 0 saturated heterocycles. The number of nitro benzene ring substituents is 1. The molecule has 0 aliphatic rings. The van der Waals surface area contributed by atoms with Crippen LogP contribution in [-0.2, 0) is 0 Å². The molecule has 0 radical (unpaired) electrons. The zero-order valence-electron chi connectivity index (χ0n) is 9.67. The number of nitrogens with zero attached hydrogens (tertiary/aromatic N) is 1. The highest BCUT2D eigenvalue weighted by Gasteiger charge is 2.10. The van der Waals surface area contributed by atoms with Gasteiger partial charge in [-0.05, 0) is 24.3 Å². The molecule has 2 rings (SSSR count). The molecule has 0 saturated carbocycles. The highest BCUT2D eigenvalue weighted by molar-refractivity contribution is 5.56. The van der Waals surface area contributed by atoms with Crippen LogP contribution < -0.4 is 16.0 Å². The quantitative estimate of drug-likeness (QED) is 0.503. The van der Waals surface area contributed by atoms with Crippen molar-refractivity contribution in [1.29, 1.82) is 0 Å². The number of non-ortho nitro benzene ring substituents is 1. The molecule has 0 unspecified atom stereocenters. The Morgan fingerprint density at radius 2 is 1.84 bits per heavy atom. The number of anilines is 1. The number of rotatable bonds is 4. The molecular weight excluding hydrogens is 253 g/mol. The summed E-state index contributed by atoms with van der Waals surface area (Å²) in [6, 6.07) is 9.33. The molecule has 7 heteroatoms. The Kier molecular flexibility index (Phi) is 3.58. The number of hydrazine groups is 1. The molecule has 0 fully saturated rings. The Balaban J connectivity index is 2.31. The van der Waals surface area contributed by atoms with Gasteiger partial charge in [-0.2, -0.15) is 0 Å². The zero-order chi connectivity index (χ0) is 13.8. The van der Waals surface area contributed by atoms with Crippen LogP contribution in [0.15, 0.2) is 42.5 Å². The van der Waals surface area contributed by atoms with Crippen LogP contribution in [0.4, 0.5) is 15.8 Å². The first kappa shape index (κ1) is 12.8. The second-order valence-electron chi connectivity index (χ2n) is 3.67. The van der Waals surface area contributed by atoms with Gasteiger partial charge in [0.1, 0.15) is 17.3 Å². The third-order valence-electron chi connectivity index (χ3n) is 2.32. The monoisotopic (exact) mass is 263 g/mol. The van der Waals surface area contributed by atoms with Crippen LogP contribution in [0, 0.1) is 15.9 Å². The first-order valence-corrected chi connectivity index (χ1v) is 5.28. The summed E-state index contributed by atoms with van der Waals surface area (Å²) in [5.74, 6) is 5.43. The van der Waals surface area contributed by atoms with E-state index in [1.165, 1.54) is 42.5 Å². The van der Waals surface area contributed by atoms with E-state index in [4.69, 9.17) is 10.6 Å². The number of benzene rings is 2. The Morgan fingerprint density at radius 3 is 2.42 bits per heavy atom. The Labute approximate surface area is 107 Å². The molecule has 0 heterocycles. The van der Waals surface area contributed by atoms with Crippen molar-refractivity contribution in [3.05, 3.63) is 58.4 Å². The summed E-state index contributed by atoms with van der Waals surface area (Å²) in [5, 5.41) is 10.8. The maximum atomic E-state index is 12.7. The molecule has 2 aromatic rings. The lowest BCUT2D eigenvalue weighted by molar-refractivity contribution is -0.384. The van der Waals surface area contributed by atoms with Crippen LogP contribution in [0.2, 0.25) is 0 Å².